The highest BCUT2D eigenvalue weighted by Crippen LogP contribution is 2.37. The second-order valence-electron chi connectivity index (χ2n) is 5.52. The van der Waals surface area contributed by atoms with Crippen LogP contribution in [-0.2, 0) is 6.42 Å². The Morgan fingerprint density at radius 1 is 1.40 bits per heavy atom. The fourth-order valence-electron chi connectivity index (χ4n) is 2.27. The number of nitrogens with zero attached hydrogens (tertiary/aromatic N) is 2. The first kappa shape index (κ1) is 21.4. The molecule has 5 heteroatoms. The Bertz CT molecular complexity index is 735. The zero-order valence-electron chi connectivity index (χ0n) is 15.9. The highest BCUT2D eigenvalue weighted by atomic mass is 35.5. The van der Waals surface area contributed by atoms with E-state index in [0.717, 1.165) is 33.3 Å². The van der Waals surface area contributed by atoms with Crippen molar-refractivity contribution in [3.63, 3.8) is 0 Å². The third-order valence-electron chi connectivity index (χ3n) is 3.63. The van der Waals surface area contributed by atoms with E-state index < -0.39 is 0 Å². The zero-order valence-corrected chi connectivity index (χ0v) is 17.5. The third-order valence-corrected chi connectivity index (χ3v) is 4.88. The van der Waals surface area contributed by atoms with Gasteiger partial charge in [-0.1, -0.05) is 45.4 Å². The van der Waals surface area contributed by atoms with E-state index in [0.29, 0.717) is 17.4 Å². The molecule has 0 saturated heterocycles. The molecule has 3 nitrogen and oxygen atoms in total. The van der Waals surface area contributed by atoms with Crippen LogP contribution in [-0.4, -0.2) is 18.8 Å². The molecule has 2 aromatic rings. The van der Waals surface area contributed by atoms with Gasteiger partial charge < -0.3 is 4.74 Å². The third kappa shape index (κ3) is 5.41. The molecule has 0 spiro atoms. The first-order chi connectivity index (χ1) is 12.0. The van der Waals surface area contributed by atoms with E-state index in [2.05, 4.69) is 35.9 Å². The Kier molecular flexibility index (Phi) is 8.87. The summed E-state index contributed by atoms with van der Waals surface area (Å²) in [5, 5.41) is 3.82. The van der Waals surface area contributed by atoms with E-state index >= 15 is 0 Å². The van der Waals surface area contributed by atoms with Crippen LogP contribution in [0.15, 0.2) is 28.6 Å². The maximum atomic E-state index is 6.49. The zero-order chi connectivity index (χ0) is 19.0. The summed E-state index contributed by atoms with van der Waals surface area (Å²) >= 11 is 8.15. The number of aliphatic imine (C=N–C) groups is 1. The molecule has 0 radical (unpaired) electrons. The molecular formula is C20H27ClN2OS. The van der Waals surface area contributed by atoms with Crippen molar-refractivity contribution in [2.45, 2.75) is 47.0 Å². The fourth-order valence-corrected chi connectivity index (χ4v) is 3.42. The molecule has 0 aliphatic heterocycles. The smallest absolute Gasteiger partial charge is 0.123 e. The molecule has 0 atom stereocenters. The number of allylic oxidation sites excluding steroid dienone is 1. The van der Waals surface area contributed by atoms with Crippen LogP contribution >= 0.6 is 22.9 Å². The molecular weight excluding hydrogens is 352 g/mol. The van der Waals surface area contributed by atoms with Crippen molar-refractivity contribution >= 4 is 40.4 Å². The van der Waals surface area contributed by atoms with Gasteiger partial charge in [0, 0.05) is 28.0 Å². The van der Waals surface area contributed by atoms with Crippen molar-refractivity contribution in [1.82, 2.24) is 4.98 Å². The van der Waals surface area contributed by atoms with E-state index in [9.17, 15) is 0 Å². The molecule has 0 bridgehead atoms. The predicted molar refractivity (Wildman–Crippen MR) is 112 cm³/mol. The predicted octanol–water partition coefficient (Wildman–Crippen LogP) is 6.76. The van der Waals surface area contributed by atoms with Crippen molar-refractivity contribution in [2.75, 3.05) is 7.11 Å². The topological polar surface area (TPSA) is 34.5 Å². The lowest BCUT2D eigenvalue weighted by molar-refractivity contribution is 0.412. The van der Waals surface area contributed by atoms with Crippen LogP contribution in [0.25, 0.3) is 5.03 Å². The molecule has 0 fully saturated rings. The van der Waals surface area contributed by atoms with Crippen LogP contribution in [0.3, 0.4) is 0 Å². The van der Waals surface area contributed by atoms with Crippen LogP contribution in [0.5, 0.6) is 5.75 Å². The summed E-state index contributed by atoms with van der Waals surface area (Å²) in [7, 11) is 1.64. The summed E-state index contributed by atoms with van der Waals surface area (Å²) < 4.78 is 5.32. The van der Waals surface area contributed by atoms with Gasteiger partial charge >= 0.3 is 0 Å². The molecule has 0 aliphatic rings. The van der Waals surface area contributed by atoms with Gasteiger partial charge in [-0.25, -0.2) is 4.98 Å². The lowest BCUT2D eigenvalue weighted by Crippen LogP contribution is -1.91. The Labute approximate surface area is 160 Å². The van der Waals surface area contributed by atoms with E-state index in [1.165, 1.54) is 0 Å². The highest BCUT2D eigenvalue weighted by molar-refractivity contribution is 7.09. The number of hydrogen-bond donors (Lipinski definition) is 0. The minimum Gasteiger partial charge on any atom is -0.496 e. The van der Waals surface area contributed by atoms with Crippen LogP contribution in [0.1, 0.15) is 55.4 Å². The maximum Gasteiger partial charge on any atom is 0.123 e. The van der Waals surface area contributed by atoms with Gasteiger partial charge in [0.05, 0.1) is 23.5 Å². The van der Waals surface area contributed by atoms with Crippen molar-refractivity contribution in [2.24, 2.45) is 4.99 Å². The van der Waals surface area contributed by atoms with Crippen molar-refractivity contribution in [3.05, 3.63) is 45.4 Å². The summed E-state index contributed by atoms with van der Waals surface area (Å²) in [4.78, 5) is 8.74. The molecule has 25 heavy (non-hydrogen) atoms. The molecule has 0 aliphatic carbocycles. The van der Waals surface area contributed by atoms with E-state index in [4.69, 9.17) is 16.3 Å². The molecule has 0 N–H and O–H groups in total. The quantitative estimate of drug-likeness (QED) is 0.520. The first-order valence-electron chi connectivity index (χ1n) is 8.42. The number of thiazole rings is 1. The standard InChI is InChI=1S/C18H21ClN2OS.C2H6/c1-11(2)15-10-23-17(21-15)9-7-14(19)13-6-8-16(22-5)12(3)18(13)20-4;1-2/h6-8,10-11H,4,9H2,1-3,5H3;1-2H3/b14-7+;. The first-order valence-corrected chi connectivity index (χ1v) is 9.68. The normalized spacial score (nSPS) is 11.1. The van der Waals surface area contributed by atoms with Crippen molar-refractivity contribution in [3.8, 4) is 5.75 Å². The Morgan fingerprint density at radius 2 is 2.08 bits per heavy atom. The van der Waals surface area contributed by atoms with Crippen molar-refractivity contribution in [1.29, 1.82) is 0 Å². The number of ether oxygens (including phenoxy) is 1. The number of hydrogen-bond acceptors (Lipinski definition) is 4. The largest absolute Gasteiger partial charge is 0.496 e. The molecule has 1 heterocycles. The lowest BCUT2D eigenvalue weighted by Gasteiger charge is -2.11. The summed E-state index contributed by atoms with van der Waals surface area (Å²) in [6.07, 6.45) is 2.68. The minimum absolute atomic E-state index is 0.445. The highest BCUT2D eigenvalue weighted by Gasteiger charge is 2.12. The molecule has 0 unspecified atom stereocenters. The van der Waals surface area contributed by atoms with Gasteiger partial charge in [0.2, 0.25) is 0 Å². The van der Waals surface area contributed by atoms with Gasteiger partial charge in [-0.15, -0.1) is 11.3 Å². The molecule has 1 aromatic carbocycles. The average Bonchev–Trinajstić information content (AvgIpc) is 3.10. The molecule has 1 aromatic heterocycles. The maximum absolute atomic E-state index is 6.49. The summed E-state index contributed by atoms with van der Waals surface area (Å²) in [5.74, 6) is 1.22. The summed E-state index contributed by atoms with van der Waals surface area (Å²) in [6, 6.07) is 3.81. The van der Waals surface area contributed by atoms with Crippen LogP contribution in [0, 0.1) is 6.92 Å². The Morgan fingerprint density at radius 3 is 2.60 bits per heavy atom. The van der Waals surface area contributed by atoms with E-state index in [-0.39, 0.29) is 0 Å². The second-order valence-corrected chi connectivity index (χ2v) is 6.87. The Balaban J connectivity index is 0.00000151. The van der Waals surface area contributed by atoms with Gasteiger partial charge in [-0.05, 0) is 31.7 Å². The van der Waals surface area contributed by atoms with Gasteiger partial charge in [0.15, 0.2) is 0 Å². The van der Waals surface area contributed by atoms with Gasteiger partial charge in [0.1, 0.15) is 5.75 Å². The molecule has 2 rings (SSSR count). The lowest BCUT2D eigenvalue weighted by atomic mass is 10.1. The van der Waals surface area contributed by atoms with Crippen LogP contribution < -0.4 is 4.74 Å². The SMILES string of the molecule is C=Nc1c(/C(Cl)=C\Cc2nc(C(C)C)cs2)ccc(OC)c1C.CC. The monoisotopic (exact) mass is 378 g/mol. The average molecular weight is 379 g/mol. The Hall–Kier alpha value is -1.65. The van der Waals surface area contributed by atoms with Crippen molar-refractivity contribution < 1.29 is 4.74 Å². The van der Waals surface area contributed by atoms with Crippen LogP contribution in [0.4, 0.5) is 5.69 Å². The number of benzene rings is 1. The van der Waals surface area contributed by atoms with Gasteiger partial charge in [-0.2, -0.15) is 0 Å². The number of methoxy groups -OCH3 is 1. The number of halogens is 1. The second kappa shape index (κ2) is 10.4. The van der Waals surface area contributed by atoms with Gasteiger partial charge in [0.25, 0.3) is 0 Å². The molecule has 0 amide bonds. The van der Waals surface area contributed by atoms with Gasteiger partial charge in [-0.3, -0.25) is 4.99 Å². The molecule has 136 valence electrons. The number of rotatable bonds is 6. The summed E-state index contributed by atoms with van der Waals surface area (Å²) in [5.41, 5.74) is 3.68. The van der Waals surface area contributed by atoms with Crippen LogP contribution in [0.2, 0.25) is 0 Å². The summed E-state index contributed by atoms with van der Waals surface area (Å²) in [6.45, 7) is 13.9. The minimum atomic E-state index is 0.445. The number of aromatic nitrogens is 1. The van der Waals surface area contributed by atoms with E-state index in [1.54, 1.807) is 18.4 Å². The van der Waals surface area contributed by atoms with E-state index in [1.807, 2.05) is 39.0 Å². The fraction of sp³-hybridized carbons (Fsp3) is 0.400. The molecule has 0 saturated carbocycles.